The number of nitrogens with zero attached hydrogens (tertiary/aromatic N) is 2. The number of aliphatic hydroxyl groups excluding tert-OH is 1. The number of hydrogen-bond donors (Lipinski definition) is 3. The molecule has 2 rings (SSSR count). The largest absolute Gasteiger partial charge is 0.423 e. The van der Waals surface area contributed by atoms with Crippen molar-refractivity contribution in [3.63, 3.8) is 0 Å². The summed E-state index contributed by atoms with van der Waals surface area (Å²) in [5.74, 6) is 0.383. The number of carbonyl (C=O) groups is 1. The van der Waals surface area contributed by atoms with Crippen LogP contribution in [0, 0.1) is 6.92 Å². The average molecular weight is 290 g/mol. The van der Waals surface area contributed by atoms with Crippen LogP contribution in [0.15, 0.2) is 29.0 Å². The number of aryl methyl sites for hydroxylation is 1. The van der Waals surface area contributed by atoms with E-state index in [0.29, 0.717) is 11.6 Å². The van der Waals surface area contributed by atoms with Crippen molar-refractivity contribution in [2.24, 2.45) is 0 Å². The van der Waals surface area contributed by atoms with Crippen molar-refractivity contribution in [1.82, 2.24) is 15.5 Å². The maximum atomic E-state index is 12.0. The first kappa shape index (κ1) is 15.0. The summed E-state index contributed by atoms with van der Waals surface area (Å²) in [4.78, 5) is 12.0. The minimum absolute atomic E-state index is 0.151. The van der Waals surface area contributed by atoms with Gasteiger partial charge in [-0.15, -0.1) is 10.2 Å². The quantitative estimate of drug-likeness (QED) is 0.799. The van der Waals surface area contributed by atoms with E-state index in [1.54, 1.807) is 19.9 Å². The van der Waals surface area contributed by atoms with E-state index in [0.717, 1.165) is 11.1 Å². The zero-order valence-corrected chi connectivity index (χ0v) is 12.2. The molecule has 0 aliphatic carbocycles. The zero-order valence-electron chi connectivity index (χ0n) is 12.2. The smallest absolute Gasteiger partial charge is 0.319 e. The molecule has 7 nitrogen and oxygen atoms in total. The van der Waals surface area contributed by atoms with E-state index in [4.69, 9.17) is 9.52 Å². The molecule has 0 atom stereocenters. The highest BCUT2D eigenvalue weighted by Gasteiger charge is 2.19. The normalized spacial score (nSPS) is 11.2. The molecule has 2 amide bonds. The summed E-state index contributed by atoms with van der Waals surface area (Å²) >= 11 is 0. The van der Waals surface area contributed by atoms with Gasteiger partial charge < -0.3 is 20.2 Å². The van der Waals surface area contributed by atoms with Crippen LogP contribution in [0.1, 0.15) is 19.4 Å². The molecule has 0 saturated heterocycles. The first-order chi connectivity index (χ1) is 9.91. The maximum absolute atomic E-state index is 12.0. The number of carbonyl (C=O) groups excluding carboxylic acids is 1. The summed E-state index contributed by atoms with van der Waals surface area (Å²) in [7, 11) is 0. The van der Waals surface area contributed by atoms with Gasteiger partial charge in [0.2, 0.25) is 12.3 Å². The maximum Gasteiger partial charge on any atom is 0.319 e. The number of benzene rings is 1. The lowest BCUT2D eigenvalue weighted by molar-refractivity contribution is 0.187. The Hall–Kier alpha value is -2.41. The SMILES string of the molecule is Cc1ccc(-c2nnco2)cc1NC(=O)NC(C)(C)CO. The molecular formula is C14H18N4O3. The number of amides is 2. The number of nitrogens with one attached hydrogen (secondary N) is 2. The Balaban J connectivity index is 2.16. The van der Waals surface area contributed by atoms with Crippen LogP contribution in [0.2, 0.25) is 0 Å². The number of rotatable bonds is 4. The van der Waals surface area contributed by atoms with Gasteiger partial charge in [-0.3, -0.25) is 0 Å². The van der Waals surface area contributed by atoms with Gasteiger partial charge in [-0.1, -0.05) is 6.07 Å². The highest BCUT2D eigenvalue weighted by molar-refractivity contribution is 5.91. The number of hydrogen-bond acceptors (Lipinski definition) is 5. The van der Waals surface area contributed by atoms with Crippen molar-refractivity contribution in [2.45, 2.75) is 26.3 Å². The summed E-state index contributed by atoms with van der Waals surface area (Å²) in [5.41, 5.74) is 1.56. The third-order valence-electron chi connectivity index (χ3n) is 2.94. The third kappa shape index (κ3) is 3.79. The van der Waals surface area contributed by atoms with E-state index in [9.17, 15) is 4.79 Å². The molecule has 7 heteroatoms. The van der Waals surface area contributed by atoms with E-state index >= 15 is 0 Å². The van der Waals surface area contributed by atoms with Crippen LogP contribution in [0.3, 0.4) is 0 Å². The molecule has 0 radical (unpaired) electrons. The van der Waals surface area contributed by atoms with Crippen LogP contribution in [-0.2, 0) is 0 Å². The van der Waals surface area contributed by atoms with Crippen LogP contribution in [0.5, 0.6) is 0 Å². The van der Waals surface area contributed by atoms with E-state index in [2.05, 4.69) is 20.8 Å². The fraction of sp³-hybridized carbons (Fsp3) is 0.357. The van der Waals surface area contributed by atoms with E-state index < -0.39 is 5.54 Å². The molecule has 1 heterocycles. The highest BCUT2D eigenvalue weighted by Crippen LogP contribution is 2.23. The lowest BCUT2D eigenvalue weighted by Gasteiger charge is -2.23. The Morgan fingerprint density at radius 3 is 2.81 bits per heavy atom. The minimum Gasteiger partial charge on any atom is -0.423 e. The van der Waals surface area contributed by atoms with Crippen molar-refractivity contribution in [3.8, 4) is 11.5 Å². The zero-order chi connectivity index (χ0) is 15.5. The van der Waals surface area contributed by atoms with Crippen LogP contribution in [0.4, 0.5) is 10.5 Å². The summed E-state index contributed by atoms with van der Waals surface area (Å²) in [6, 6.07) is 5.06. The topological polar surface area (TPSA) is 100 Å². The summed E-state index contributed by atoms with van der Waals surface area (Å²) in [5, 5.41) is 22.1. The minimum atomic E-state index is -0.692. The molecule has 1 aromatic heterocycles. The van der Waals surface area contributed by atoms with Crippen LogP contribution >= 0.6 is 0 Å². The van der Waals surface area contributed by atoms with Gasteiger partial charge >= 0.3 is 6.03 Å². The van der Waals surface area contributed by atoms with Gasteiger partial charge in [-0.2, -0.15) is 0 Å². The molecule has 21 heavy (non-hydrogen) atoms. The average Bonchev–Trinajstić information content (AvgIpc) is 2.94. The van der Waals surface area contributed by atoms with Crippen LogP contribution < -0.4 is 10.6 Å². The van der Waals surface area contributed by atoms with Crippen molar-refractivity contribution < 1.29 is 14.3 Å². The first-order valence-corrected chi connectivity index (χ1v) is 6.48. The number of aliphatic hydroxyl groups is 1. The lowest BCUT2D eigenvalue weighted by Crippen LogP contribution is -2.48. The van der Waals surface area contributed by atoms with Gasteiger partial charge in [-0.05, 0) is 38.5 Å². The molecule has 0 aliphatic heterocycles. The lowest BCUT2D eigenvalue weighted by atomic mass is 10.1. The fourth-order valence-electron chi connectivity index (χ4n) is 1.69. The molecule has 0 unspecified atom stereocenters. The second-order valence-corrected chi connectivity index (χ2v) is 5.39. The van der Waals surface area contributed by atoms with Crippen molar-refractivity contribution in [3.05, 3.63) is 30.2 Å². The molecule has 3 N–H and O–H groups in total. The van der Waals surface area contributed by atoms with E-state index in [1.165, 1.54) is 6.39 Å². The van der Waals surface area contributed by atoms with Gasteiger partial charge in [0, 0.05) is 11.3 Å². The number of aromatic nitrogens is 2. The third-order valence-corrected chi connectivity index (χ3v) is 2.94. The van der Waals surface area contributed by atoms with Crippen LogP contribution in [-0.4, -0.2) is 33.5 Å². The van der Waals surface area contributed by atoms with Gasteiger partial charge in [-0.25, -0.2) is 4.79 Å². The van der Waals surface area contributed by atoms with Crippen molar-refractivity contribution in [2.75, 3.05) is 11.9 Å². The molecule has 2 aromatic rings. The monoisotopic (exact) mass is 290 g/mol. The molecule has 1 aromatic carbocycles. The van der Waals surface area contributed by atoms with Crippen molar-refractivity contribution in [1.29, 1.82) is 0 Å². The van der Waals surface area contributed by atoms with Gasteiger partial charge in [0.1, 0.15) is 0 Å². The summed E-state index contributed by atoms with van der Waals surface area (Å²) < 4.78 is 5.13. The molecule has 0 fully saturated rings. The molecular weight excluding hydrogens is 272 g/mol. The van der Waals surface area contributed by atoms with Gasteiger partial charge in [0.15, 0.2) is 0 Å². The molecule has 0 aliphatic rings. The standard InChI is InChI=1S/C14H18N4O3/c1-9-4-5-10(12-18-15-8-21-12)6-11(9)16-13(20)17-14(2,3)7-19/h4-6,8,19H,7H2,1-3H3,(H2,16,17,20). The Morgan fingerprint density at radius 2 is 2.19 bits per heavy atom. The Morgan fingerprint density at radius 1 is 1.43 bits per heavy atom. The first-order valence-electron chi connectivity index (χ1n) is 6.48. The van der Waals surface area contributed by atoms with Crippen LogP contribution in [0.25, 0.3) is 11.5 Å². The Bertz CT molecular complexity index is 623. The highest BCUT2D eigenvalue weighted by atomic mass is 16.4. The van der Waals surface area contributed by atoms with Gasteiger partial charge in [0.05, 0.1) is 12.1 Å². The molecule has 112 valence electrons. The predicted octanol–water partition coefficient (Wildman–Crippen LogP) is 1.94. The summed E-state index contributed by atoms with van der Waals surface area (Å²) in [6.07, 6.45) is 1.25. The number of urea groups is 1. The Labute approximate surface area is 122 Å². The molecule has 0 bridgehead atoms. The van der Waals surface area contributed by atoms with E-state index in [-0.39, 0.29) is 12.6 Å². The van der Waals surface area contributed by atoms with E-state index in [1.807, 2.05) is 19.1 Å². The number of anilines is 1. The molecule has 0 saturated carbocycles. The second kappa shape index (κ2) is 5.92. The predicted molar refractivity (Wildman–Crippen MR) is 77.8 cm³/mol. The van der Waals surface area contributed by atoms with Gasteiger partial charge in [0.25, 0.3) is 0 Å². The Kier molecular flexibility index (Phi) is 4.23. The van der Waals surface area contributed by atoms with Crippen molar-refractivity contribution >= 4 is 11.7 Å². The summed E-state index contributed by atoms with van der Waals surface area (Å²) in [6.45, 7) is 5.19. The molecule has 0 spiro atoms. The fourth-order valence-corrected chi connectivity index (χ4v) is 1.69. The second-order valence-electron chi connectivity index (χ2n) is 5.39.